The highest BCUT2D eigenvalue weighted by molar-refractivity contribution is 6.12. The number of anilines is 2. The zero-order valence-corrected chi connectivity index (χ0v) is 18.6. The molecular formula is C25H19F3N3O5-. The Morgan fingerprint density at radius 1 is 0.972 bits per heavy atom. The van der Waals surface area contributed by atoms with Gasteiger partial charge in [-0.15, -0.1) is 13.2 Å². The standard InChI is InChI=1S/C25H20F3N3O5/c26-25(27,28)36-18-7-9-20(31-24(34)35)21(11-18)30-23(33)12-22(32)16-3-1-2-15(10-16)17-6-8-19(29-13-17)14-4-5-14/h1-3,6-11,13-14,31H,4-5,12H2,(H,30,33)(H,34,35)/p-1. The summed E-state index contributed by atoms with van der Waals surface area (Å²) in [4.78, 5) is 40.6. The third kappa shape index (κ3) is 6.59. The van der Waals surface area contributed by atoms with Crippen LogP contribution in [0.15, 0.2) is 60.8 Å². The topological polar surface area (TPSA) is 120 Å². The fourth-order valence-electron chi connectivity index (χ4n) is 3.55. The zero-order chi connectivity index (χ0) is 25.9. The van der Waals surface area contributed by atoms with Gasteiger partial charge in [0.05, 0.1) is 17.8 Å². The third-order valence-electron chi connectivity index (χ3n) is 5.36. The Hall–Kier alpha value is -4.41. The molecular weight excluding hydrogens is 479 g/mol. The molecule has 2 amide bonds. The number of hydrogen-bond acceptors (Lipinski definition) is 6. The minimum absolute atomic E-state index is 0.246. The first-order valence-electron chi connectivity index (χ1n) is 10.8. The van der Waals surface area contributed by atoms with Crippen LogP contribution in [0.5, 0.6) is 5.75 Å². The third-order valence-corrected chi connectivity index (χ3v) is 5.36. The van der Waals surface area contributed by atoms with E-state index < -0.39 is 36.3 Å². The van der Waals surface area contributed by atoms with Gasteiger partial charge in [-0.3, -0.25) is 14.6 Å². The number of nitrogens with one attached hydrogen (secondary N) is 2. The Morgan fingerprint density at radius 3 is 2.39 bits per heavy atom. The van der Waals surface area contributed by atoms with E-state index in [0.29, 0.717) is 5.92 Å². The Labute approximate surface area is 203 Å². The molecule has 0 atom stereocenters. The maximum absolute atomic E-state index is 12.7. The number of pyridine rings is 1. The lowest BCUT2D eigenvalue weighted by atomic mass is 10.0. The van der Waals surface area contributed by atoms with Crippen LogP contribution < -0.4 is 20.5 Å². The van der Waals surface area contributed by atoms with Gasteiger partial charge in [-0.1, -0.05) is 24.3 Å². The van der Waals surface area contributed by atoms with E-state index in [2.05, 4.69) is 15.0 Å². The summed E-state index contributed by atoms with van der Waals surface area (Å²) < 4.78 is 41.4. The van der Waals surface area contributed by atoms with E-state index in [9.17, 15) is 32.7 Å². The van der Waals surface area contributed by atoms with Crippen LogP contribution in [0.25, 0.3) is 11.1 Å². The molecule has 1 aliphatic rings. The summed E-state index contributed by atoms with van der Waals surface area (Å²) in [5.74, 6) is -1.60. The van der Waals surface area contributed by atoms with Gasteiger partial charge in [-0.05, 0) is 42.7 Å². The fourth-order valence-corrected chi connectivity index (χ4v) is 3.55. The first-order chi connectivity index (χ1) is 17.1. The minimum Gasteiger partial charge on any atom is -0.530 e. The maximum Gasteiger partial charge on any atom is 0.573 e. The van der Waals surface area contributed by atoms with Gasteiger partial charge in [-0.2, -0.15) is 0 Å². The second-order valence-electron chi connectivity index (χ2n) is 8.14. The smallest absolute Gasteiger partial charge is 0.530 e. The molecule has 8 nitrogen and oxygen atoms in total. The molecule has 2 aromatic carbocycles. The maximum atomic E-state index is 12.7. The van der Waals surface area contributed by atoms with Crippen molar-refractivity contribution >= 4 is 29.2 Å². The molecule has 2 N–H and O–H groups in total. The molecule has 4 rings (SSSR count). The molecule has 1 heterocycles. The summed E-state index contributed by atoms with van der Waals surface area (Å²) in [5.41, 5.74) is 2.21. The molecule has 11 heteroatoms. The van der Waals surface area contributed by atoms with Crippen molar-refractivity contribution in [2.45, 2.75) is 31.5 Å². The number of alkyl halides is 3. The van der Waals surface area contributed by atoms with Crippen molar-refractivity contribution in [3.8, 4) is 16.9 Å². The molecule has 0 unspecified atom stereocenters. The molecule has 0 radical (unpaired) electrons. The number of carboxylic acid groups (broad SMARTS) is 1. The van der Waals surface area contributed by atoms with Crippen LogP contribution >= 0.6 is 0 Å². The van der Waals surface area contributed by atoms with Gasteiger partial charge < -0.3 is 25.3 Å². The quantitative estimate of drug-likeness (QED) is 0.349. The second-order valence-corrected chi connectivity index (χ2v) is 8.14. The summed E-state index contributed by atoms with van der Waals surface area (Å²) in [5, 5.41) is 15.0. The largest absolute Gasteiger partial charge is 0.573 e. The molecule has 3 aromatic rings. The number of ketones is 1. The zero-order valence-electron chi connectivity index (χ0n) is 18.6. The van der Waals surface area contributed by atoms with E-state index in [-0.39, 0.29) is 16.9 Å². The van der Waals surface area contributed by atoms with Crippen molar-refractivity contribution in [1.29, 1.82) is 0 Å². The summed E-state index contributed by atoms with van der Waals surface area (Å²) >= 11 is 0. The van der Waals surface area contributed by atoms with E-state index in [1.165, 1.54) is 6.07 Å². The number of hydrogen-bond donors (Lipinski definition) is 2. The van der Waals surface area contributed by atoms with Crippen LogP contribution in [0, 0.1) is 0 Å². The van der Waals surface area contributed by atoms with Crippen LogP contribution in [0.1, 0.15) is 41.2 Å². The van der Waals surface area contributed by atoms with Gasteiger partial charge in [-0.25, -0.2) is 0 Å². The Morgan fingerprint density at radius 2 is 1.75 bits per heavy atom. The van der Waals surface area contributed by atoms with Crippen LogP contribution in [-0.4, -0.2) is 29.1 Å². The minimum atomic E-state index is -5.00. The van der Waals surface area contributed by atoms with Crippen molar-refractivity contribution in [2.24, 2.45) is 0 Å². The van der Waals surface area contributed by atoms with Crippen molar-refractivity contribution in [3.63, 3.8) is 0 Å². The fraction of sp³-hybridized carbons (Fsp3) is 0.200. The number of carbonyl (C=O) groups is 3. The van der Waals surface area contributed by atoms with Crippen molar-refractivity contribution < 1.29 is 37.4 Å². The number of Topliss-reactive ketones (excluding diaryl/α,β-unsaturated/α-hetero) is 1. The lowest BCUT2D eigenvalue weighted by molar-refractivity contribution is -0.274. The number of aromatic nitrogens is 1. The SMILES string of the molecule is O=C([O-])Nc1ccc(OC(F)(F)F)cc1NC(=O)CC(=O)c1cccc(-c2ccc(C3CC3)nc2)c1. The van der Waals surface area contributed by atoms with Crippen LogP contribution in [0.3, 0.4) is 0 Å². The highest BCUT2D eigenvalue weighted by Crippen LogP contribution is 2.39. The Bertz CT molecular complexity index is 1310. The van der Waals surface area contributed by atoms with Crippen molar-refractivity contribution in [2.75, 3.05) is 10.6 Å². The number of amides is 2. The average Bonchev–Trinajstić information content (AvgIpc) is 3.65. The van der Waals surface area contributed by atoms with Crippen LogP contribution in [-0.2, 0) is 4.79 Å². The second kappa shape index (κ2) is 10.1. The van der Waals surface area contributed by atoms with E-state index in [0.717, 1.165) is 47.9 Å². The molecule has 0 bridgehead atoms. The predicted molar refractivity (Wildman–Crippen MR) is 121 cm³/mol. The van der Waals surface area contributed by atoms with Gasteiger partial charge in [0, 0.05) is 35.0 Å². The van der Waals surface area contributed by atoms with Crippen LogP contribution in [0.4, 0.5) is 29.3 Å². The molecule has 0 spiro atoms. The Kier molecular flexibility index (Phi) is 6.91. The monoisotopic (exact) mass is 498 g/mol. The summed E-state index contributed by atoms with van der Waals surface area (Å²) in [6, 6.07) is 13.1. The first kappa shape index (κ1) is 24.7. The summed E-state index contributed by atoms with van der Waals surface area (Å²) in [6.07, 6.45) is -3.41. The van der Waals surface area contributed by atoms with Crippen molar-refractivity contribution in [1.82, 2.24) is 4.98 Å². The molecule has 1 aromatic heterocycles. The normalized spacial score (nSPS) is 13.1. The molecule has 1 saturated carbocycles. The predicted octanol–water partition coefficient (Wildman–Crippen LogP) is 4.49. The molecule has 0 aliphatic heterocycles. The number of rotatable bonds is 8. The average molecular weight is 498 g/mol. The van der Waals surface area contributed by atoms with Crippen molar-refractivity contribution in [3.05, 3.63) is 72.1 Å². The van der Waals surface area contributed by atoms with Gasteiger partial charge in [0.2, 0.25) is 5.91 Å². The van der Waals surface area contributed by atoms with Gasteiger partial charge >= 0.3 is 6.36 Å². The highest BCUT2D eigenvalue weighted by atomic mass is 19.4. The molecule has 1 aliphatic carbocycles. The van der Waals surface area contributed by atoms with E-state index >= 15 is 0 Å². The van der Waals surface area contributed by atoms with E-state index in [1.54, 1.807) is 24.4 Å². The number of nitrogens with zero attached hydrogens (tertiary/aromatic N) is 1. The van der Waals surface area contributed by atoms with Gasteiger partial charge in [0.1, 0.15) is 11.8 Å². The Balaban J connectivity index is 1.47. The van der Waals surface area contributed by atoms with Gasteiger partial charge in [0.15, 0.2) is 5.78 Å². The number of ether oxygens (including phenoxy) is 1. The number of carbonyl (C=O) groups excluding carboxylic acids is 3. The summed E-state index contributed by atoms with van der Waals surface area (Å²) in [6.45, 7) is 0. The summed E-state index contributed by atoms with van der Waals surface area (Å²) in [7, 11) is 0. The molecule has 186 valence electrons. The number of benzene rings is 2. The van der Waals surface area contributed by atoms with Crippen LogP contribution in [0.2, 0.25) is 0 Å². The molecule has 0 saturated heterocycles. The van der Waals surface area contributed by atoms with E-state index in [1.807, 2.05) is 17.4 Å². The first-order valence-corrected chi connectivity index (χ1v) is 10.8. The molecule has 36 heavy (non-hydrogen) atoms. The van der Waals surface area contributed by atoms with Gasteiger partial charge in [0.25, 0.3) is 0 Å². The lowest BCUT2D eigenvalue weighted by Gasteiger charge is -2.16. The number of halogens is 3. The lowest BCUT2D eigenvalue weighted by Crippen LogP contribution is -2.29. The highest BCUT2D eigenvalue weighted by Gasteiger charge is 2.31. The molecule has 1 fully saturated rings. The van der Waals surface area contributed by atoms with E-state index in [4.69, 9.17) is 0 Å².